The smallest absolute Gasteiger partial charge is 0.162 e. The molecule has 1 N–H and O–H groups in total. The molecule has 0 aliphatic heterocycles. The quantitative estimate of drug-likeness (QED) is 0.659. The average molecular weight is 402 g/mol. The molecule has 3 rings (SSSR count). The molecule has 1 heterocycles. The number of hydrogen-bond acceptors (Lipinski definition) is 5. The molecule has 0 saturated heterocycles. The van der Waals surface area contributed by atoms with Crippen LogP contribution >= 0.6 is 15.9 Å². The summed E-state index contributed by atoms with van der Waals surface area (Å²) in [6, 6.07) is 12.1. The Morgan fingerprint density at radius 3 is 2.44 bits per heavy atom. The Morgan fingerprint density at radius 1 is 1.04 bits per heavy atom. The number of anilines is 1. The van der Waals surface area contributed by atoms with Gasteiger partial charge in [0.15, 0.2) is 11.5 Å². The minimum atomic E-state index is 0.0862. The van der Waals surface area contributed by atoms with Crippen molar-refractivity contribution < 1.29 is 9.47 Å². The van der Waals surface area contributed by atoms with Gasteiger partial charge in [-0.15, -0.1) is 0 Å². The Bertz CT molecular complexity index is 915. The van der Waals surface area contributed by atoms with Gasteiger partial charge in [-0.05, 0) is 37.6 Å². The van der Waals surface area contributed by atoms with Crippen LogP contribution in [0, 0.1) is 6.92 Å². The van der Waals surface area contributed by atoms with Crippen LogP contribution in [0.3, 0.4) is 0 Å². The fourth-order valence-corrected chi connectivity index (χ4v) is 3.16. The van der Waals surface area contributed by atoms with Crippen molar-refractivity contribution in [2.45, 2.75) is 19.9 Å². The molecule has 2 aromatic carbocycles. The largest absolute Gasteiger partial charge is 0.493 e. The average Bonchev–Trinajstić information content (AvgIpc) is 2.60. The Labute approximate surface area is 155 Å². The second-order valence-electron chi connectivity index (χ2n) is 5.76. The van der Waals surface area contributed by atoms with Crippen LogP contribution in [0.4, 0.5) is 5.82 Å². The minimum Gasteiger partial charge on any atom is -0.493 e. The summed E-state index contributed by atoms with van der Waals surface area (Å²) in [5.41, 5.74) is 1.98. The normalized spacial score (nSPS) is 12.0. The van der Waals surface area contributed by atoms with Crippen molar-refractivity contribution in [2.24, 2.45) is 0 Å². The molecule has 25 heavy (non-hydrogen) atoms. The van der Waals surface area contributed by atoms with Crippen molar-refractivity contribution in [3.63, 3.8) is 0 Å². The van der Waals surface area contributed by atoms with E-state index in [1.807, 2.05) is 31.2 Å². The molecular formula is C19H20BrN3O2. The lowest BCUT2D eigenvalue weighted by atomic mass is 10.1. The molecule has 6 heteroatoms. The number of aryl methyl sites for hydroxylation is 1. The highest BCUT2D eigenvalue weighted by molar-refractivity contribution is 9.10. The number of methoxy groups -OCH3 is 2. The summed E-state index contributed by atoms with van der Waals surface area (Å²) in [4.78, 5) is 9.11. The fraction of sp³-hybridized carbons (Fsp3) is 0.263. The molecule has 5 nitrogen and oxygen atoms in total. The van der Waals surface area contributed by atoms with E-state index in [1.165, 1.54) is 5.56 Å². The van der Waals surface area contributed by atoms with Crippen molar-refractivity contribution in [2.75, 3.05) is 19.5 Å². The molecule has 0 saturated carbocycles. The molecule has 0 fully saturated rings. The van der Waals surface area contributed by atoms with Crippen molar-refractivity contribution in [3.05, 3.63) is 52.3 Å². The van der Waals surface area contributed by atoms with Gasteiger partial charge in [-0.3, -0.25) is 0 Å². The SMILES string of the molecule is COc1cc2nc(C)nc(NC(C)c3cccc(Br)c3)c2cc1OC. The van der Waals surface area contributed by atoms with Crippen LogP contribution in [0.25, 0.3) is 10.9 Å². The van der Waals surface area contributed by atoms with Crippen LogP contribution in [-0.2, 0) is 0 Å². The van der Waals surface area contributed by atoms with E-state index in [-0.39, 0.29) is 6.04 Å². The molecule has 3 aromatic rings. The van der Waals surface area contributed by atoms with Crippen molar-refractivity contribution in [3.8, 4) is 11.5 Å². The third-order valence-electron chi connectivity index (χ3n) is 4.01. The van der Waals surface area contributed by atoms with Gasteiger partial charge in [0.1, 0.15) is 11.6 Å². The first-order valence-electron chi connectivity index (χ1n) is 7.94. The second-order valence-corrected chi connectivity index (χ2v) is 6.68. The molecule has 1 unspecified atom stereocenters. The zero-order valence-corrected chi connectivity index (χ0v) is 16.2. The lowest BCUT2D eigenvalue weighted by molar-refractivity contribution is 0.356. The van der Waals surface area contributed by atoms with E-state index in [4.69, 9.17) is 9.47 Å². The first-order chi connectivity index (χ1) is 12.0. The number of rotatable bonds is 5. The van der Waals surface area contributed by atoms with E-state index >= 15 is 0 Å². The zero-order valence-electron chi connectivity index (χ0n) is 14.6. The van der Waals surface area contributed by atoms with Gasteiger partial charge in [-0.25, -0.2) is 9.97 Å². The Kier molecular flexibility index (Phi) is 5.08. The molecule has 1 aromatic heterocycles. The van der Waals surface area contributed by atoms with Crippen LogP contribution in [0.2, 0.25) is 0 Å². The molecule has 0 amide bonds. The number of benzene rings is 2. The van der Waals surface area contributed by atoms with Crippen LogP contribution in [0.15, 0.2) is 40.9 Å². The summed E-state index contributed by atoms with van der Waals surface area (Å²) in [7, 11) is 3.24. The lowest BCUT2D eigenvalue weighted by Crippen LogP contribution is -2.09. The molecule has 0 spiro atoms. The maximum atomic E-state index is 5.42. The van der Waals surface area contributed by atoms with Gasteiger partial charge in [0.25, 0.3) is 0 Å². The minimum absolute atomic E-state index is 0.0862. The lowest BCUT2D eigenvalue weighted by Gasteiger charge is -2.18. The standard InChI is InChI=1S/C19H20BrN3O2/c1-11(13-6-5-7-14(20)8-13)21-19-15-9-17(24-3)18(25-4)10-16(15)22-12(2)23-19/h5-11H,1-4H3,(H,21,22,23). The van der Waals surface area contributed by atoms with E-state index in [2.05, 4.69) is 50.3 Å². The summed E-state index contributed by atoms with van der Waals surface area (Å²) >= 11 is 3.52. The number of halogens is 1. The summed E-state index contributed by atoms with van der Waals surface area (Å²) in [5.74, 6) is 2.78. The molecule has 130 valence electrons. The predicted octanol–water partition coefficient (Wildman–Crippen LogP) is 4.89. The van der Waals surface area contributed by atoms with Gasteiger partial charge >= 0.3 is 0 Å². The molecule has 0 radical (unpaired) electrons. The van der Waals surface area contributed by atoms with Gasteiger partial charge in [-0.2, -0.15) is 0 Å². The monoisotopic (exact) mass is 401 g/mol. The van der Waals surface area contributed by atoms with Crippen molar-refractivity contribution in [1.29, 1.82) is 0 Å². The van der Waals surface area contributed by atoms with Gasteiger partial charge in [0, 0.05) is 15.9 Å². The first kappa shape index (κ1) is 17.5. The Morgan fingerprint density at radius 2 is 1.76 bits per heavy atom. The van der Waals surface area contributed by atoms with E-state index < -0.39 is 0 Å². The highest BCUT2D eigenvalue weighted by Gasteiger charge is 2.14. The Balaban J connectivity index is 2.05. The highest BCUT2D eigenvalue weighted by atomic mass is 79.9. The van der Waals surface area contributed by atoms with Crippen LogP contribution in [0.5, 0.6) is 11.5 Å². The summed E-state index contributed by atoms with van der Waals surface area (Å²) in [6.07, 6.45) is 0. The Hall–Kier alpha value is -2.34. The van der Waals surface area contributed by atoms with Gasteiger partial charge in [-0.1, -0.05) is 28.1 Å². The highest BCUT2D eigenvalue weighted by Crippen LogP contribution is 2.35. The predicted molar refractivity (Wildman–Crippen MR) is 104 cm³/mol. The maximum absolute atomic E-state index is 5.42. The van der Waals surface area contributed by atoms with Crippen molar-refractivity contribution in [1.82, 2.24) is 9.97 Å². The molecule has 1 atom stereocenters. The number of nitrogens with one attached hydrogen (secondary N) is 1. The van der Waals surface area contributed by atoms with E-state index in [1.54, 1.807) is 14.2 Å². The van der Waals surface area contributed by atoms with Crippen LogP contribution < -0.4 is 14.8 Å². The third kappa shape index (κ3) is 3.69. The molecule has 0 aliphatic carbocycles. The summed E-state index contributed by atoms with van der Waals surface area (Å²) < 4.78 is 11.8. The number of ether oxygens (including phenoxy) is 2. The van der Waals surface area contributed by atoms with Gasteiger partial charge in [0.2, 0.25) is 0 Å². The van der Waals surface area contributed by atoms with Crippen LogP contribution in [0.1, 0.15) is 24.4 Å². The maximum Gasteiger partial charge on any atom is 0.162 e. The van der Waals surface area contributed by atoms with E-state index in [0.717, 1.165) is 21.2 Å². The summed E-state index contributed by atoms with van der Waals surface area (Å²) in [5, 5.41) is 4.38. The number of fused-ring (bicyclic) bond motifs is 1. The topological polar surface area (TPSA) is 56.3 Å². The zero-order chi connectivity index (χ0) is 18.0. The van der Waals surface area contributed by atoms with E-state index in [0.29, 0.717) is 17.3 Å². The number of aromatic nitrogens is 2. The van der Waals surface area contributed by atoms with Gasteiger partial charge < -0.3 is 14.8 Å². The second kappa shape index (κ2) is 7.27. The summed E-state index contributed by atoms with van der Waals surface area (Å²) in [6.45, 7) is 3.98. The van der Waals surface area contributed by atoms with Crippen LogP contribution in [-0.4, -0.2) is 24.2 Å². The van der Waals surface area contributed by atoms with Crippen molar-refractivity contribution >= 4 is 32.7 Å². The fourth-order valence-electron chi connectivity index (χ4n) is 2.75. The molecule has 0 aliphatic rings. The van der Waals surface area contributed by atoms with E-state index in [9.17, 15) is 0 Å². The van der Waals surface area contributed by atoms with Gasteiger partial charge in [0.05, 0.1) is 25.8 Å². The first-order valence-corrected chi connectivity index (χ1v) is 8.73. The number of hydrogen-bond donors (Lipinski definition) is 1. The molecular weight excluding hydrogens is 382 g/mol. The third-order valence-corrected chi connectivity index (χ3v) is 4.51. The molecule has 0 bridgehead atoms. The number of nitrogens with zero attached hydrogens (tertiary/aromatic N) is 2.